The predicted octanol–water partition coefficient (Wildman–Crippen LogP) is 2.34. The smallest absolute Gasteiger partial charge is 0.270 e. The molecule has 0 saturated carbocycles. The van der Waals surface area contributed by atoms with Crippen molar-refractivity contribution in [3.63, 3.8) is 0 Å². The Hall–Kier alpha value is -3.02. The standard InChI is InChI=1S/C18H19ClN4O6S/c1-12-4-7-16(29-3)17(8-12)30(27,28)22(2)11-18(24)21-20-10-13-9-14(23(25)26)5-6-15(13)19/h4-10H,11H2,1-3H3,(H,21,24)/b20-10+. The molecule has 2 aromatic carbocycles. The summed E-state index contributed by atoms with van der Waals surface area (Å²) in [6.45, 7) is 1.22. The van der Waals surface area contributed by atoms with Crippen LogP contribution in [0.1, 0.15) is 11.1 Å². The monoisotopic (exact) mass is 454 g/mol. The van der Waals surface area contributed by atoms with Crippen LogP contribution in [0.15, 0.2) is 46.4 Å². The molecule has 0 bridgehead atoms. The highest BCUT2D eigenvalue weighted by Crippen LogP contribution is 2.27. The molecule has 160 valence electrons. The first-order valence-corrected chi connectivity index (χ1v) is 10.2. The Labute approximate surface area is 178 Å². The lowest BCUT2D eigenvalue weighted by Crippen LogP contribution is -2.36. The number of likely N-dealkylation sites (N-methyl/N-ethyl adjacent to an activating group) is 1. The second kappa shape index (κ2) is 9.65. The van der Waals surface area contributed by atoms with Crippen molar-refractivity contribution in [2.75, 3.05) is 20.7 Å². The van der Waals surface area contributed by atoms with E-state index in [-0.39, 0.29) is 26.9 Å². The quantitative estimate of drug-likeness (QED) is 0.370. The van der Waals surface area contributed by atoms with Gasteiger partial charge in [0.15, 0.2) is 0 Å². The van der Waals surface area contributed by atoms with E-state index in [4.69, 9.17) is 16.3 Å². The van der Waals surface area contributed by atoms with Gasteiger partial charge in [-0.2, -0.15) is 9.41 Å². The first-order chi connectivity index (χ1) is 14.1. The van der Waals surface area contributed by atoms with Crippen LogP contribution in [0.5, 0.6) is 5.75 Å². The molecule has 0 aliphatic heterocycles. The summed E-state index contributed by atoms with van der Waals surface area (Å²) in [4.78, 5) is 22.3. The summed E-state index contributed by atoms with van der Waals surface area (Å²) in [5.74, 6) is -0.559. The molecule has 10 nitrogen and oxygen atoms in total. The first kappa shape index (κ1) is 23.3. The number of methoxy groups -OCH3 is 1. The fourth-order valence-corrected chi connectivity index (χ4v) is 3.92. The van der Waals surface area contributed by atoms with Crippen molar-refractivity contribution in [3.05, 3.63) is 62.7 Å². The van der Waals surface area contributed by atoms with Gasteiger partial charge in [0.2, 0.25) is 10.0 Å². The van der Waals surface area contributed by atoms with Gasteiger partial charge < -0.3 is 4.74 Å². The van der Waals surface area contributed by atoms with Gasteiger partial charge in [0.25, 0.3) is 11.6 Å². The third-order valence-corrected chi connectivity index (χ3v) is 6.13. The van der Waals surface area contributed by atoms with Crippen molar-refractivity contribution in [2.24, 2.45) is 5.10 Å². The maximum atomic E-state index is 12.8. The molecule has 0 radical (unpaired) electrons. The van der Waals surface area contributed by atoms with E-state index in [1.54, 1.807) is 13.0 Å². The number of sulfonamides is 1. The SMILES string of the molecule is COc1ccc(C)cc1S(=O)(=O)N(C)CC(=O)N/N=C/c1cc([N+](=O)[O-])ccc1Cl. The Morgan fingerprint density at radius 3 is 2.67 bits per heavy atom. The zero-order valence-corrected chi connectivity index (χ0v) is 17.9. The molecule has 0 aliphatic rings. The minimum atomic E-state index is -4.00. The molecule has 0 fully saturated rings. The third kappa shape index (κ3) is 5.53. The van der Waals surface area contributed by atoms with Crippen LogP contribution in [-0.4, -0.2) is 50.5 Å². The van der Waals surface area contributed by atoms with Crippen molar-refractivity contribution in [1.82, 2.24) is 9.73 Å². The van der Waals surface area contributed by atoms with Crippen molar-refractivity contribution in [2.45, 2.75) is 11.8 Å². The van der Waals surface area contributed by atoms with Crippen LogP contribution >= 0.6 is 11.6 Å². The van der Waals surface area contributed by atoms with Crippen LogP contribution < -0.4 is 10.2 Å². The highest BCUT2D eigenvalue weighted by atomic mass is 35.5. The molecular weight excluding hydrogens is 436 g/mol. The maximum absolute atomic E-state index is 12.8. The molecule has 1 N–H and O–H groups in total. The minimum Gasteiger partial charge on any atom is -0.495 e. The average molecular weight is 455 g/mol. The Morgan fingerprint density at radius 1 is 1.33 bits per heavy atom. The van der Waals surface area contributed by atoms with E-state index >= 15 is 0 Å². The summed E-state index contributed by atoms with van der Waals surface area (Å²) < 4.78 is 31.5. The summed E-state index contributed by atoms with van der Waals surface area (Å²) in [5, 5.41) is 14.7. The van der Waals surface area contributed by atoms with E-state index < -0.39 is 27.4 Å². The van der Waals surface area contributed by atoms with Gasteiger partial charge in [-0.05, 0) is 30.7 Å². The molecule has 0 saturated heterocycles. The van der Waals surface area contributed by atoms with Crippen LogP contribution in [0, 0.1) is 17.0 Å². The Bertz CT molecular complexity index is 1100. The number of non-ortho nitro benzene ring substituents is 1. The number of hydrogen-bond acceptors (Lipinski definition) is 7. The Balaban J connectivity index is 2.10. The molecule has 0 atom stereocenters. The molecule has 2 aromatic rings. The normalized spacial score (nSPS) is 11.6. The van der Waals surface area contributed by atoms with Gasteiger partial charge in [0.1, 0.15) is 10.6 Å². The van der Waals surface area contributed by atoms with E-state index in [1.165, 1.54) is 44.5 Å². The largest absolute Gasteiger partial charge is 0.495 e. The van der Waals surface area contributed by atoms with Crippen LogP contribution in [0.2, 0.25) is 5.02 Å². The molecular formula is C18H19ClN4O6S. The number of carbonyl (C=O) groups excluding carboxylic acids is 1. The van der Waals surface area contributed by atoms with Gasteiger partial charge in [-0.3, -0.25) is 14.9 Å². The van der Waals surface area contributed by atoms with E-state index in [0.29, 0.717) is 5.56 Å². The summed E-state index contributed by atoms with van der Waals surface area (Å²) in [7, 11) is -1.40. The maximum Gasteiger partial charge on any atom is 0.270 e. The van der Waals surface area contributed by atoms with Crippen molar-refractivity contribution in [3.8, 4) is 5.75 Å². The van der Waals surface area contributed by atoms with Crippen LogP contribution in [0.4, 0.5) is 5.69 Å². The highest BCUT2D eigenvalue weighted by Gasteiger charge is 2.26. The minimum absolute atomic E-state index is 0.0628. The van der Waals surface area contributed by atoms with Gasteiger partial charge in [0.05, 0.1) is 24.8 Å². The average Bonchev–Trinajstić information content (AvgIpc) is 2.69. The molecule has 0 spiro atoms. The number of hydrazone groups is 1. The molecule has 1 amide bonds. The Kier molecular flexibility index (Phi) is 7.48. The zero-order chi connectivity index (χ0) is 22.5. The molecule has 12 heteroatoms. The van der Waals surface area contributed by atoms with Crippen molar-refractivity contribution < 1.29 is 22.9 Å². The van der Waals surface area contributed by atoms with Gasteiger partial charge in [0, 0.05) is 29.8 Å². The number of nitrogens with zero attached hydrogens (tertiary/aromatic N) is 3. The van der Waals surface area contributed by atoms with E-state index in [9.17, 15) is 23.3 Å². The second-order valence-corrected chi connectivity index (χ2v) is 8.59. The molecule has 0 heterocycles. The fourth-order valence-electron chi connectivity index (χ4n) is 2.39. The van der Waals surface area contributed by atoms with Gasteiger partial charge in [-0.1, -0.05) is 17.7 Å². The first-order valence-electron chi connectivity index (χ1n) is 8.43. The number of benzene rings is 2. The number of hydrogen-bond donors (Lipinski definition) is 1. The molecule has 30 heavy (non-hydrogen) atoms. The van der Waals surface area contributed by atoms with E-state index in [2.05, 4.69) is 10.5 Å². The van der Waals surface area contributed by atoms with Crippen LogP contribution in [-0.2, 0) is 14.8 Å². The number of aryl methyl sites for hydroxylation is 1. The van der Waals surface area contributed by atoms with Gasteiger partial charge >= 0.3 is 0 Å². The number of rotatable bonds is 8. The van der Waals surface area contributed by atoms with Crippen molar-refractivity contribution >= 4 is 39.4 Å². The molecule has 0 aliphatic carbocycles. The number of nitro groups is 1. The fraction of sp³-hybridized carbons (Fsp3) is 0.222. The Morgan fingerprint density at radius 2 is 2.03 bits per heavy atom. The highest BCUT2D eigenvalue weighted by molar-refractivity contribution is 7.89. The topological polar surface area (TPSA) is 131 Å². The third-order valence-electron chi connectivity index (χ3n) is 3.96. The zero-order valence-electron chi connectivity index (χ0n) is 16.3. The molecule has 0 unspecified atom stereocenters. The number of amides is 1. The lowest BCUT2D eigenvalue weighted by Gasteiger charge is -2.18. The van der Waals surface area contributed by atoms with Crippen LogP contribution in [0.25, 0.3) is 0 Å². The van der Waals surface area contributed by atoms with Gasteiger partial charge in [-0.25, -0.2) is 13.8 Å². The van der Waals surface area contributed by atoms with Crippen molar-refractivity contribution in [1.29, 1.82) is 0 Å². The number of nitrogens with one attached hydrogen (secondary N) is 1. The summed E-state index contributed by atoms with van der Waals surface area (Å²) in [6.07, 6.45) is 1.13. The predicted molar refractivity (Wildman–Crippen MR) is 111 cm³/mol. The lowest BCUT2D eigenvalue weighted by atomic mass is 10.2. The number of ether oxygens (including phenoxy) is 1. The molecule has 2 rings (SSSR count). The van der Waals surface area contributed by atoms with Gasteiger partial charge in [-0.15, -0.1) is 0 Å². The summed E-state index contributed by atoms with van der Waals surface area (Å²) >= 11 is 5.94. The summed E-state index contributed by atoms with van der Waals surface area (Å²) in [6, 6.07) is 8.45. The van der Waals surface area contributed by atoms with Crippen LogP contribution in [0.3, 0.4) is 0 Å². The number of carbonyl (C=O) groups is 1. The van der Waals surface area contributed by atoms with E-state index in [0.717, 1.165) is 10.5 Å². The number of nitro benzene ring substituents is 1. The number of halogens is 1. The lowest BCUT2D eigenvalue weighted by molar-refractivity contribution is -0.384. The summed E-state index contributed by atoms with van der Waals surface area (Å²) in [5.41, 5.74) is 2.91. The molecule has 0 aromatic heterocycles. The van der Waals surface area contributed by atoms with E-state index in [1.807, 2.05) is 0 Å². The second-order valence-electron chi connectivity index (χ2n) is 6.17.